The SMILES string of the molecule is C#CCN(CCSC)CSc1cc(OC(F)(F)F)ccc1N. The van der Waals surface area contributed by atoms with Gasteiger partial charge in [0.25, 0.3) is 0 Å². The van der Waals surface area contributed by atoms with Crippen LogP contribution in [0.15, 0.2) is 23.1 Å². The number of terminal acetylenes is 1. The molecule has 8 heteroatoms. The van der Waals surface area contributed by atoms with E-state index < -0.39 is 6.36 Å². The zero-order valence-corrected chi connectivity index (χ0v) is 13.7. The Morgan fingerprint density at radius 2 is 2.14 bits per heavy atom. The molecule has 0 amide bonds. The second-order valence-electron chi connectivity index (χ2n) is 4.27. The fourth-order valence-corrected chi connectivity index (χ4v) is 2.95. The molecular weight excluding hydrogens is 333 g/mol. The number of rotatable bonds is 8. The van der Waals surface area contributed by atoms with Crippen molar-refractivity contribution in [1.82, 2.24) is 4.90 Å². The maximum atomic E-state index is 12.2. The average molecular weight is 350 g/mol. The first kappa shape index (κ1) is 18.9. The summed E-state index contributed by atoms with van der Waals surface area (Å²) < 4.78 is 40.6. The van der Waals surface area contributed by atoms with Crippen molar-refractivity contribution in [2.24, 2.45) is 0 Å². The molecule has 0 saturated carbocycles. The summed E-state index contributed by atoms with van der Waals surface area (Å²) in [6.45, 7) is 1.28. The highest BCUT2D eigenvalue weighted by molar-refractivity contribution is 7.99. The van der Waals surface area contributed by atoms with Crippen molar-refractivity contribution in [2.45, 2.75) is 11.3 Å². The van der Waals surface area contributed by atoms with Crippen LogP contribution in [0.2, 0.25) is 0 Å². The van der Waals surface area contributed by atoms with E-state index in [0.29, 0.717) is 23.0 Å². The minimum Gasteiger partial charge on any atom is -0.406 e. The average Bonchev–Trinajstić information content (AvgIpc) is 2.43. The molecule has 0 bridgehead atoms. The summed E-state index contributed by atoms with van der Waals surface area (Å²) in [5, 5.41) is 0. The molecule has 0 heterocycles. The third kappa shape index (κ3) is 7.20. The van der Waals surface area contributed by atoms with E-state index in [0.717, 1.165) is 12.3 Å². The lowest BCUT2D eigenvalue weighted by molar-refractivity contribution is -0.274. The summed E-state index contributed by atoms with van der Waals surface area (Å²) in [4.78, 5) is 2.56. The van der Waals surface area contributed by atoms with Crippen LogP contribution in [0.25, 0.3) is 0 Å². The molecule has 0 spiro atoms. The third-order valence-corrected chi connectivity index (χ3v) is 4.30. The van der Waals surface area contributed by atoms with E-state index in [4.69, 9.17) is 12.2 Å². The molecule has 0 aliphatic rings. The van der Waals surface area contributed by atoms with Crippen LogP contribution in [0.3, 0.4) is 0 Å². The van der Waals surface area contributed by atoms with E-state index in [2.05, 4.69) is 10.7 Å². The normalized spacial score (nSPS) is 11.5. The summed E-state index contributed by atoms with van der Waals surface area (Å²) in [5.41, 5.74) is 6.20. The van der Waals surface area contributed by atoms with E-state index >= 15 is 0 Å². The first-order valence-corrected chi connectivity index (χ1v) is 8.66. The Kier molecular flexibility index (Phi) is 7.79. The standard InChI is InChI=1S/C14H17F3N2OS2/c1-3-6-19(7-8-21-2)10-22-13-9-11(4-5-12(13)18)20-14(15,16)17/h1,4-5,9H,6-8,10,18H2,2H3. The molecule has 1 aromatic rings. The van der Waals surface area contributed by atoms with Gasteiger partial charge in [-0.25, -0.2) is 0 Å². The molecule has 0 radical (unpaired) electrons. The number of nitrogens with zero attached hydrogens (tertiary/aromatic N) is 1. The molecule has 0 aliphatic carbocycles. The molecule has 0 aromatic heterocycles. The Balaban J connectivity index is 2.70. The first-order chi connectivity index (χ1) is 10.4. The second-order valence-corrected chi connectivity index (χ2v) is 6.24. The van der Waals surface area contributed by atoms with Crippen molar-refractivity contribution >= 4 is 29.2 Å². The van der Waals surface area contributed by atoms with Gasteiger partial charge in [-0.1, -0.05) is 5.92 Å². The van der Waals surface area contributed by atoms with Crippen molar-refractivity contribution in [1.29, 1.82) is 0 Å². The number of nitrogens with two attached hydrogens (primary N) is 1. The van der Waals surface area contributed by atoms with E-state index in [-0.39, 0.29) is 5.75 Å². The maximum Gasteiger partial charge on any atom is 0.573 e. The van der Waals surface area contributed by atoms with Crippen LogP contribution in [-0.2, 0) is 0 Å². The van der Waals surface area contributed by atoms with E-state index in [1.54, 1.807) is 11.8 Å². The Bertz CT molecular complexity index is 518. The summed E-state index contributed by atoms with van der Waals surface area (Å²) in [7, 11) is 0. The van der Waals surface area contributed by atoms with Gasteiger partial charge >= 0.3 is 6.36 Å². The van der Waals surface area contributed by atoms with Crippen LogP contribution < -0.4 is 10.5 Å². The van der Waals surface area contributed by atoms with Gasteiger partial charge in [0.2, 0.25) is 0 Å². The van der Waals surface area contributed by atoms with Crippen LogP contribution in [0, 0.1) is 12.3 Å². The van der Waals surface area contributed by atoms with Crippen molar-refractivity contribution in [3.05, 3.63) is 18.2 Å². The Hall–Kier alpha value is -1.17. The van der Waals surface area contributed by atoms with Crippen LogP contribution >= 0.6 is 23.5 Å². The van der Waals surface area contributed by atoms with Crippen molar-refractivity contribution < 1.29 is 17.9 Å². The Morgan fingerprint density at radius 3 is 2.73 bits per heavy atom. The maximum absolute atomic E-state index is 12.2. The zero-order chi connectivity index (χ0) is 16.6. The van der Waals surface area contributed by atoms with Gasteiger partial charge < -0.3 is 10.5 Å². The molecule has 0 atom stereocenters. The minimum absolute atomic E-state index is 0.281. The number of hydrogen-bond acceptors (Lipinski definition) is 5. The molecule has 0 aliphatic heterocycles. The number of hydrogen-bond donors (Lipinski definition) is 1. The second kappa shape index (κ2) is 9.08. The monoisotopic (exact) mass is 350 g/mol. The number of thioether (sulfide) groups is 2. The molecular formula is C14H17F3N2OS2. The van der Waals surface area contributed by atoms with Crippen molar-refractivity contribution in [2.75, 3.05) is 36.7 Å². The predicted octanol–water partition coefficient (Wildman–Crippen LogP) is 3.52. The van der Waals surface area contributed by atoms with Gasteiger partial charge in [0.15, 0.2) is 0 Å². The molecule has 122 valence electrons. The first-order valence-electron chi connectivity index (χ1n) is 6.28. The summed E-state index contributed by atoms with van der Waals surface area (Å²) in [6, 6.07) is 3.88. The summed E-state index contributed by atoms with van der Waals surface area (Å²) in [6.07, 6.45) is 2.60. The van der Waals surface area contributed by atoms with Crippen LogP contribution in [0.1, 0.15) is 0 Å². The summed E-state index contributed by atoms with van der Waals surface area (Å²) in [5.74, 6) is 3.76. The largest absolute Gasteiger partial charge is 0.573 e. The predicted molar refractivity (Wildman–Crippen MR) is 87.0 cm³/mol. The molecule has 1 rings (SSSR count). The number of benzene rings is 1. The fourth-order valence-electron chi connectivity index (χ4n) is 1.54. The molecule has 0 fully saturated rings. The third-order valence-electron chi connectivity index (χ3n) is 2.55. The van der Waals surface area contributed by atoms with Gasteiger partial charge in [-0.3, -0.25) is 4.90 Å². The van der Waals surface area contributed by atoms with Gasteiger partial charge in [-0.2, -0.15) is 11.8 Å². The lowest BCUT2D eigenvalue weighted by atomic mass is 10.3. The van der Waals surface area contributed by atoms with Crippen LogP contribution in [0.4, 0.5) is 18.9 Å². The van der Waals surface area contributed by atoms with E-state index in [1.165, 1.54) is 30.0 Å². The fraction of sp³-hybridized carbons (Fsp3) is 0.429. The minimum atomic E-state index is -4.72. The Morgan fingerprint density at radius 1 is 1.41 bits per heavy atom. The lowest BCUT2D eigenvalue weighted by Crippen LogP contribution is -2.26. The lowest BCUT2D eigenvalue weighted by Gasteiger charge is -2.19. The highest BCUT2D eigenvalue weighted by atomic mass is 32.2. The van der Waals surface area contributed by atoms with Gasteiger partial charge in [-0.15, -0.1) is 31.4 Å². The van der Waals surface area contributed by atoms with Crippen molar-refractivity contribution in [3.63, 3.8) is 0 Å². The number of alkyl halides is 3. The highest BCUT2D eigenvalue weighted by Crippen LogP contribution is 2.32. The molecule has 2 N–H and O–H groups in total. The van der Waals surface area contributed by atoms with E-state index in [9.17, 15) is 13.2 Å². The smallest absolute Gasteiger partial charge is 0.406 e. The molecule has 0 unspecified atom stereocenters. The molecule has 0 saturated heterocycles. The number of ether oxygens (including phenoxy) is 1. The highest BCUT2D eigenvalue weighted by Gasteiger charge is 2.31. The van der Waals surface area contributed by atoms with Crippen molar-refractivity contribution in [3.8, 4) is 18.1 Å². The van der Waals surface area contributed by atoms with Crippen LogP contribution in [-0.4, -0.2) is 42.2 Å². The zero-order valence-electron chi connectivity index (χ0n) is 12.0. The van der Waals surface area contributed by atoms with Crippen LogP contribution in [0.5, 0.6) is 5.75 Å². The van der Waals surface area contributed by atoms with E-state index in [1.807, 2.05) is 11.2 Å². The number of nitrogen functional groups attached to an aromatic ring is 1. The number of anilines is 1. The quantitative estimate of drug-likeness (QED) is 0.336. The van der Waals surface area contributed by atoms with Gasteiger partial charge in [0, 0.05) is 22.9 Å². The molecule has 1 aromatic carbocycles. The van der Waals surface area contributed by atoms with Gasteiger partial charge in [0.1, 0.15) is 5.75 Å². The molecule has 22 heavy (non-hydrogen) atoms. The van der Waals surface area contributed by atoms with Gasteiger partial charge in [0.05, 0.1) is 12.4 Å². The van der Waals surface area contributed by atoms with Gasteiger partial charge in [-0.05, 0) is 24.5 Å². The molecule has 3 nitrogen and oxygen atoms in total. The Labute approximate surface area is 136 Å². The number of halogens is 3. The topological polar surface area (TPSA) is 38.5 Å². The summed E-state index contributed by atoms with van der Waals surface area (Å²) >= 11 is 3.03.